The molecule has 0 bridgehead atoms. The van der Waals surface area contributed by atoms with Crippen molar-refractivity contribution in [1.82, 2.24) is 10.7 Å². The molecule has 0 aromatic heterocycles. The van der Waals surface area contributed by atoms with Gasteiger partial charge in [0.05, 0.1) is 11.1 Å². The van der Waals surface area contributed by atoms with Gasteiger partial charge in [-0.2, -0.15) is 5.10 Å². The van der Waals surface area contributed by atoms with Crippen LogP contribution in [-0.2, 0) is 11.2 Å². The minimum absolute atomic E-state index is 0.353. The molecule has 2 aromatic rings. The van der Waals surface area contributed by atoms with Crippen molar-refractivity contribution in [2.24, 2.45) is 5.10 Å². The summed E-state index contributed by atoms with van der Waals surface area (Å²) in [7, 11) is 0. The molecule has 4 nitrogen and oxygen atoms in total. The van der Waals surface area contributed by atoms with E-state index in [0.29, 0.717) is 51.8 Å². The van der Waals surface area contributed by atoms with Crippen LogP contribution in [0.2, 0.25) is 0 Å². The van der Waals surface area contributed by atoms with Gasteiger partial charge in [0.1, 0.15) is 0 Å². The zero-order chi connectivity index (χ0) is 27.0. The number of nitrogens with one attached hydrogen (secondary N) is 2. The summed E-state index contributed by atoms with van der Waals surface area (Å²) in [6.45, 7) is 6.47. The number of nitrogens with zero attached hydrogens (tertiary/aromatic N) is 1. The van der Waals surface area contributed by atoms with E-state index in [-0.39, 0.29) is 0 Å². The van der Waals surface area contributed by atoms with Gasteiger partial charge in [-0.15, -0.1) is 11.7 Å². The Labute approximate surface area is 226 Å². The van der Waals surface area contributed by atoms with Gasteiger partial charge >= 0.3 is 0 Å². The lowest BCUT2D eigenvalue weighted by atomic mass is 9.95. The van der Waals surface area contributed by atoms with E-state index in [9.17, 15) is 16.5 Å². The highest BCUT2D eigenvalue weighted by Gasteiger charge is 2.24. The van der Waals surface area contributed by atoms with Crippen molar-refractivity contribution >= 4 is 58.2 Å². The number of halogens is 5. The molecule has 0 aliphatic heterocycles. The molecule has 0 radical (unpaired) electrons. The fourth-order valence-electron chi connectivity index (χ4n) is 3.84. The Bertz CT molecular complexity index is 1280. The molecule has 0 spiro atoms. The maximum absolute atomic E-state index is 13.3. The second kappa shape index (κ2) is 13.0. The Morgan fingerprint density at radius 3 is 2.51 bits per heavy atom. The van der Waals surface area contributed by atoms with Crippen LogP contribution in [0.25, 0.3) is 11.1 Å². The lowest BCUT2D eigenvalue weighted by molar-refractivity contribution is -0.109. The van der Waals surface area contributed by atoms with Crippen molar-refractivity contribution in [1.29, 1.82) is 0 Å². The highest BCUT2D eigenvalue weighted by atomic mass is 35.5. The molecule has 10 heteroatoms. The zero-order valence-corrected chi connectivity index (χ0v) is 22.4. The van der Waals surface area contributed by atoms with Gasteiger partial charge in [-0.25, -0.2) is 5.43 Å². The third-order valence-electron chi connectivity index (χ3n) is 5.78. The average molecular weight is 568 g/mol. The third kappa shape index (κ3) is 7.77. The van der Waals surface area contributed by atoms with Gasteiger partial charge in [0, 0.05) is 33.5 Å². The van der Waals surface area contributed by atoms with E-state index in [4.69, 9.17) is 23.2 Å². The quantitative estimate of drug-likeness (QED) is 0.124. The predicted molar refractivity (Wildman–Crippen MR) is 149 cm³/mol. The Kier molecular flexibility index (Phi) is 10.1. The number of allylic oxidation sites excluding steroid dienone is 5. The summed E-state index contributed by atoms with van der Waals surface area (Å²) in [5.74, 6) is 0. The maximum Gasteiger partial charge on any atom is 0.237 e. The van der Waals surface area contributed by atoms with Gasteiger partial charge < -0.3 is 5.32 Å². The van der Waals surface area contributed by atoms with Crippen LogP contribution >= 0.6 is 34.4 Å². The smallest absolute Gasteiger partial charge is 0.237 e. The number of amides is 1. The van der Waals surface area contributed by atoms with Gasteiger partial charge in [-0.05, 0) is 60.6 Å². The van der Waals surface area contributed by atoms with E-state index < -0.39 is 16.1 Å². The molecule has 1 aliphatic carbocycles. The molecule has 1 aliphatic rings. The summed E-state index contributed by atoms with van der Waals surface area (Å²) in [5, 5.41) is 8.38. The molecule has 37 heavy (non-hydrogen) atoms. The van der Waals surface area contributed by atoms with Crippen molar-refractivity contribution in [3.05, 3.63) is 99.2 Å². The van der Waals surface area contributed by atoms with Gasteiger partial charge in [0.2, 0.25) is 17.6 Å². The first-order valence-corrected chi connectivity index (χ1v) is 13.4. The molecule has 196 valence electrons. The maximum atomic E-state index is 13.3. The first-order chi connectivity index (χ1) is 17.6. The summed E-state index contributed by atoms with van der Waals surface area (Å²) in [4.78, 5) is 9.94. The average Bonchev–Trinajstić information content (AvgIpc) is 2.86. The van der Waals surface area contributed by atoms with E-state index >= 15 is 0 Å². The first-order valence-electron chi connectivity index (χ1n) is 11.3. The van der Waals surface area contributed by atoms with E-state index in [1.807, 2.05) is 30.3 Å². The van der Waals surface area contributed by atoms with Crippen LogP contribution in [-0.4, -0.2) is 19.2 Å². The molecule has 3 rings (SSSR count). The Morgan fingerprint density at radius 2 is 1.86 bits per heavy atom. The molecule has 2 aromatic carbocycles. The minimum Gasteiger partial charge on any atom is -0.385 e. The standard InChI is InChI=1S/C27H26Cl2F3N3OS/c1-18(24(16-34-35-17-36)22-5-3-6-23(15-22)37(30,31)32)21-11-9-20(10-12-21)13-14-33-19(2)27-25(28)7-4-8-26(27)29/h3,5-7,9-12,15-17,33H,2,4,8,13-14H2,1H3,(H,35,36)/b24-18-,34-16-. The molecule has 2 N–H and O–H groups in total. The van der Waals surface area contributed by atoms with Crippen molar-refractivity contribution < 1.29 is 16.5 Å². The van der Waals surface area contributed by atoms with Crippen LogP contribution in [0.3, 0.4) is 0 Å². The van der Waals surface area contributed by atoms with Crippen LogP contribution < -0.4 is 10.7 Å². The number of hydrogen-bond acceptors (Lipinski definition) is 3. The van der Waals surface area contributed by atoms with Crippen LogP contribution in [0.5, 0.6) is 0 Å². The normalized spacial score (nSPS) is 15.2. The van der Waals surface area contributed by atoms with E-state index in [1.54, 1.807) is 13.0 Å². The molecular formula is C27H26Cl2F3N3OS. The van der Waals surface area contributed by atoms with E-state index in [0.717, 1.165) is 41.7 Å². The van der Waals surface area contributed by atoms with Gasteiger partial charge in [0.15, 0.2) is 0 Å². The van der Waals surface area contributed by atoms with E-state index in [2.05, 4.69) is 22.4 Å². The lowest BCUT2D eigenvalue weighted by Gasteiger charge is -2.18. The Morgan fingerprint density at radius 1 is 1.14 bits per heavy atom. The van der Waals surface area contributed by atoms with E-state index in [1.165, 1.54) is 12.3 Å². The summed E-state index contributed by atoms with van der Waals surface area (Å²) in [6.07, 6.45) is 5.93. The second-order valence-electron chi connectivity index (χ2n) is 8.20. The largest absolute Gasteiger partial charge is 0.385 e. The highest BCUT2D eigenvalue weighted by Crippen LogP contribution is 2.60. The zero-order valence-electron chi connectivity index (χ0n) is 20.0. The molecule has 0 fully saturated rings. The molecule has 0 heterocycles. The molecule has 0 unspecified atom stereocenters. The number of hydrogen-bond donors (Lipinski definition) is 2. The number of carbonyl (C=O) groups is 1. The van der Waals surface area contributed by atoms with Gasteiger partial charge in [-0.1, -0.05) is 72.3 Å². The Hall–Kier alpha value is -2.94. The summed E-state index contributed by atoms with van der Waals surface area (Å²) < 4.78 is 40.0. The van der Waals surface area contributed by atoms with Crippen LogP contribution in [0.4, 0.5) is 11.7 Å². The topological polar surface area (TPSA) is 53.5 Å². The number of hydrazone groups is 1. The van der Waals surface area contributed by atoms with Crippen LogP contribution in [0, 0.1) is 0 Å². The predicted octanol–water partition coefficient (Wildman–Crippen LogP) is 8.22. The Balaban J connectivity index is 1.77. The molecule has 1 amide bonds. The van der Waals surface area contributed by atoms with Gasteiger partial charge in [-0.3, -0.25) is 4.79 Å². The van der Waals surface area contributed by atoms with Crippen LogP contribution in [0.1, 0.15) is 36.5 Å². The summed E-state index contributed by atoms with van der Waals surface area (Å²) >= 11 is 7.22. The number of carbonyl (C=O) groups excluding carboxylic acids is 1. The van der Waals surface area contributed by atoms with Crippen molar-refractivity contribution in [2.45, 2.75) is 31.1 Å². The minimum atomic E-state index is -5.38. The molecular weight excluding hydrogens is 542 g/mol. The number of rotatable bonds is 11. The first kappa shape index (κ1) is 28.6. The number of benzene rings is 2. The fourth-order valence-corrected chi connectivity index (χ4v) is 5.04. The fraction of sp³-hybridized carbons (Fsp3) is 0.185. The summed E-state index contributed by atoms with van der Waals surface area (Å²) in [5.41, 5.74) is 7.00. The van der Waals surface area contributed by atoms with Crippen molar-refractivity contribution in [3.8, 4) is 0 Å². The van der Waals surface area contributed by atoms with Gasteiger partial charge in [0.25, 0.3) is 0 Å². The molecule has 0 atom stereocenters. The third-order valence-corrected chi connectivity index (χ3v) is 7.29. The summed E-state index contributed by atoms with van der Waals surface area (Å²) in [6, 6.07) is 12.8. The SMILES string of the molecule is C=C(NCCc1ccc(/C(C)=C(/C=N\NC=O)c2cccc(S(F)(F)F)c2)cc1)C1=C(Cl)CCC=C1Cl. The van der Waals surface area contributed by atoms with Crippen molar-refractivity contribution in [3.63, 3.8) is 0 Å². The van der Waals surface area contributed by atoms with Crippen molar-refractivity contribution in [2.75, 3.05) is 6.54 Å². The van der Waals surface area contributed by atoms with Crippen LogP contribution in [0.15, 0.2) is 92.5 Å². The molecule has 0 saturated heterocycles. The lowest BCUT2D eigenvalue weighted by Crippen LogP contribution is -2.18. The second-order valence-corrected chi connectivity index (χ2v) is 10.3. The molecule has 0 saturated carbocycles. The monoisotopic (exact) mass is 567 g/mol. The highest BCUT2D eigenvalue weighted by molar-refractivity contribution is 8.20.